The molecule has 0 spiro atoms. The molecule has 0 unspecified atom stereocenters. The number of rotatable bonds is 0. The zero-order valence-corrected chi connectivity index (χ0v) is 10.2. The molecule has 0 saturated carbocycles. The Morgan fingerprint density at radius 2 is 2.11 bits per heavy atom. The van der Waals surface area contributed by atoms with Gasteiger partial charge in [-0.15, -0.1) is 0 Å². The van der Waals surface area contributed by atoms with Crippen molar-refractivity contribution in [3.8, 4) is 17.7 Å². The minimum atomic E-state index is -0.632. The summed E-state index contributed by atoms with van der Waals surface area (Å²) in [6.45, 7) is 0. The van der Waals surface area contributed by atoms with Gasteiger partial charge in [-0.3, -0.25) is 14.8 Å². The van der Waals surface area contributed by atoms with Crippen molar-refractivity contribution < 1.29 is 4.74 Å². The van der Waals surface area contributed by atoms with E-state index in [1.54, 1.807) is 6.07 Å². The molecular formula is C12H6ClN3O3. The first-order valence-electron chi connectivity index (χ1n) is 5.34. The number of fused-ring (bicyclic) bond motifs is 2. The molecule has 94 valence electrons. The third kappa shape index (κ3) is 1.80. The van der Waals surface area contributed by atoms with Crippen LogP contribution in [0, 0.1) is 11.3 Å². The molecule has 2 N–H and O–H groups in total. The number of hydrogen-bond donors (Lipinski definition) is 2. The number of ether oxygens (including phenoxy) is 1. The molecule has 0 bridgehead atoms. The number of nitriles is 1. The van der Waals surface area contributed by atoms with Crippen molar-refractivity contribution in [3.05, 3.63) is 54.7 Å². The zero-order valence-electron chi connectivity index (χ0n) is 9.41. The number of halogens is 1. The monoisotopic (exact) mass is 275 g/mol. The van der Waals surface area contributed by atoms with E-state index in [1.807, 2.05) is 6.07 Å². The topological polar surface area (TPSA) is 98.7 Å². The van der Waals surface area contributed by atoms with Gasteiger partial charge >= 0.3 is 5.69 Å². The molecule has 0 radical (unpaired) electrons. The van der Waals surface area contributed by atoms with Crippen LogP contribution in [0.2, 0.25) is 5.02 Å². The number of hydrogen-bond acceptors (Lipinski definition) is 4. The highest BCUT2D eigenvalue weighted by Gasteiger charge is 2.22. The number of H-pyrrole nitrogens is 2. The number of aromatic amines is 2. The summed E-state index contributed by atoms with van der Waals surface area (Å²) in [4.78, 5) is 27.4. The van der Waals surface area contributed by atoms with E-state index in [1.165, 1.54) is 6.07 Å². The fourth-order valence-corrected chi connectivity index (χ4v) is 2.15. The van der Waals surface area contributed by atoms with Crippen molar-refractivity contribution in [2.24, 2.45) is 0 Å². The lowest BCUT2D eigenvalue weighted by Crippen LogP contribution is -2.28. The molecule has 0 saturated heterocycles. The van der Waals surface area contributed by atoms with E-state index in [0.29, 0.717) is 22.4 Å². The third-order valence-electron chi connectivity index (χ3n) is 2.85. The summed E-state index contributed by atoms with van der Waals surface area (Å²) in [6, 6.07) is 5.03. The summed E-state index contributed by atoms with van der Waals surface area (Å²) < 4.78 is 5.45. The van der Waals surface area contributed by atoms with Crippen molar-refractivity contribution in [2.45, 2.75) is 6.42 Å². The molecule has 0 aliphatic carbocycles. The Morgan fingerprint density at radius 3 is 2.84 bits per heavy atom. The minimum absolute atomic E-state index is 0.113. The van der Waals surface area contributed by atoms with Gasteiger partial charge < -0.3 is 4.74 Å². The van der Waals surface area contributed by atoms with E-state index in [2.05, 4.69) is 9.97 Å². The van der Waals surface area contributed by atoms with Gasteiger partial charge in [0, 0.05) is 18.1 Å². The minimum Gasteiger partial charge on any atom is -0.440 e. The Balaban J connectivity index is 2.20. The highest BCUT2D eigenvalue weighted by atomic mass is 35.5. The van der Waals surface area contributed by atoms with Gasteiger partial charge in [-0.1, -0.05) is 11.6 Å². The van der Waals surface area contributed by atoms with Gasteiger partial charge in [0.05, 0.1) is 16.1 Å². The smallest absolute Gasteiger partial charge is 0.328 e. The third-order valence-corrected chi connectivity index (χ3v) is 3.16. The Bertz CT molecular complexity index is 845. The summed E-state index contributed by atoms with van der Waals surface area (Å²) in [6.07, 6.45) is 0.266. The maximum atomic E-state index is 11.7. The molecule has 19 heavy (non-hydrogen) atoms. The first-order valence-corrected chi connectivity index (χ1v) is 5.72. The van der Waals surface area contributed by atoms with E-state index in [-0.39, 0.29) is 17.3 Å². The zero-order chi connectivity index (χ0) is 13.6. The normalized spacial score (nSPS) is 12.0. The summed E-state index contributed by atoms with van der Waals surface area (Å²) in [5.41, 5.74) is 0.169. The lowest BCUT2D eigenvalue weighted by Gasteiger charge is -2.19. The number of aromatic nitrogens is 2. The maximum Gasteiger partial charge on any atom is 0.328 e. The fraction of sp³-hybridized carbons (Fsp3) is 0.0833. The summed E-state index contributed by atoms with van der Waals surface area (Å²) in [7, 11) is 0. The molecule has 1 aliphatic rings. The molecule has 2 heterocycles. The summed E-state index contributed by atoms with van der Waals surface area (Å²) in [5.74, 6) is 0.541. The second kappa shape index (κ2) is 4.00. The van der Waals surface area contributed by atoms with Gasteiger partial charge in [-0.25, -0.2) is 4.79 Å². The summed E-state index contributed by atoms with van der Waals surface area (Å²) in [5, 5.41) is 9.18. The predicted molar refractivity (Wildman–Crippen MR) is 66.7 cm³/mol. The van der Waals surface area contributed by atoms with E-state index in [9.17, 15) is 9.59 Å². The Morgan fingerprint density at radius 1 is 1.32 bits per heavy atom. The molecule has 7 heteroatoms. The van der Waals surface area contributed by atoms with Crippen molar-refractivity contribution >= 4 is 11.6 Å². The highest BCUT2D eigenvalue weighted by molar-refractivity contribution is 6.31. The van der Waals surface area contributed by atoms with Crippen LogP contribution < -0.4 is 16.0 Å². The largest absolute Gasteiger partial charge is 0.440 e. The van der Waals surface area contributed by atoms with E-state index < -0.39 is 11.2 Å². The first kappa shape index (κ1) is 11.6. The van der Waals surface area contributed by atoms with Gasteiger partial charge in [-0.2, -0.15) is 5.26 Å². The number of benzene rings is 1. The van der Waals surface area contributed by atoms with Crippen molar-refractivity contribution in [2.75, 3.05) is 0 Å². The Kier molecular flexibility index (Phi) is 2.44. The van der Waals surface area contributed by atoms with Gasteiger partial charge in [0.15, 0.2) is 0 Å². The van der Waals surface area contributed by atoms with Gasteiger partial charge in [0.25, 0.3) is 5.56 Å². The van der Waals surface area contributed by atoms with Crippen molar-refractivity contribution in [1.29, 1.82) is 5.26 Å². The van der Waals surface area contributed by atoms with Gasteiger partial charge in [0.2, 0.25) is 5.88 Å². The highest BCUT2D eigenvalue weighted by Crippen LogP contribution is 2.36. The molecule has 0 amide bonds. The van der Waals surface area contributed by atoms with E-state index in [4.69, 9.17) is 21.6 Å². The first-order chi connectivity index (χ1) is 9.08. The fourth-order valence-electron chi connectivity index (χ4n) is 1.96. The van der Waals surface area contributed by atoms with Crippen LogP contribution in [0.1, 0.15) is 16.7 Å². The average Bonchev–Trinajstić information content (AvgIpc) is 2.36. The lowest BCUT2D eigenvalue weighted by molar-refractivity contribution is 0.435. The number of nitrogens with one attached hydrogen (secondary N) is 2. The van der Waals surface area contributed by atoms with Crippen LogP contribution >= 0.6 is 11.6 Å². The quantitative estimate of drug-likeness (QED) is 0.646. The van der Waals surface area contributed by atoms with Gasteiger partial charge in [0.1, 0.15) is 11.8 Å². The second-order valence-corrected chi connectivity index (χ2v) is 4.45. The molecule has 6 nitrogen and oxygen atoms in total. The van der Waals surface area contributed by atoms with Crippen molar-refractivity contribution in [1.82, 2.24) is 9.97 Å². The van der Waals surface area contributed by atoms with Gasteiger partial charge in [-0.05, 0) is 6.07 Å². The molecule has 2 aromatic rings. The van der Waals surface area contributed by atoms with Crippen LogP contribution in [0.15, 0.2) is 21.7 Å². The molecule has 1 aromatic carbocycles. The molecule has 0 atom stereocenters. The SMILES string of the molecule is N#Cc1cc2c(cc1Cl)Oc1[nH]c(=O)[nH]c(=O)c1C2. The Labute approximate surface area is 111 Å². The molecule has 1 aromatic heterocycles. The van der Waals surface area contributed by atoms with Crippen LogP contribution in [0.5, 0.6) is 11.6 Å². The van der Waals surface area contributed by atoms with E-state index in [0.717, 1.165) is 0 Å². The average molecular weight is 276 g/mol. The molecule has 3 rings (SSSR count). The van der Waals surface area contributed by atoms with Crippen LogP contribution in [0.25, 0.3) is 0 Å². The lowest BCUT2D eigenvalue weighted by atomic mass is 10.0. The van der Waals surface area contributed by atoms with E-state index >= 15 is 0 Å². The Hall–Kier alpha value is -2.52. The predicted octanol–water partition coefficient (Wildman–Crippen LogP) is 1.28. The van der Waals surface area contributed by atoms with Crippen LogP contribution in [0.4, 0.5) is 0 Å². The standard InChI is InChI=1S/C12H6ClN3O3/c13-8-3-9-5(1-6(8)4-14)2-7-10(17)15-12(18)16-11(7)19-9/h1,3H,2H2,(H2,15,16,17,18). The summed E-state index contributed by atoms with van der Waals surface area (Å²) >= 11 is 5.91. The van der Waals surface area contributed by atoms with Crippen LogP contribution in [-0.4, -0.2) is 9.97 Å². The molecule has 1 aliphatic heterocycles. The second-order valence-electron chi connectivity index (χ2n) is 4.05. The van der Waals surface area contributed by atoms with Crippen LogP contribution in [-0.2, 0) is 6.42 Å². The number of nitrogens with zero attached hydrogens (tertiary/aromatic N) is 1. The van der Waals surface area contributed by atoms with Crippen molar-refractivity contribution in [3.63, 3.8) is 0 Å². The maximum absolute atomic E-state index is 11.7. The molecule has 0 fully saturated rings. The molecular weight excluding hydrogens is 270 g/mol. The van der Waals surface area contributed by atoms with Crippen LogP contribution in [0.3, 0.4) is 0 Å².